The SMILES string of the molecule is CCCS(=O)(=O)N1CCC(CNC(=O)c2ccc(Cl)cc2Cl)(c2cc(C)ccn2)CC1.CS(=O)(=O)N1CCC(CNC(=O)c2ccc(Cl)cc2Cl)(c2ccccn2)CC1. The third-order valence-electron chi connectivity index (χ3n) is 10.9. The van der Waals surface area contributed by atoms with E-state index in [4.69, 9.17) is 46.4 Å². The number of pyridine rings is 2. The lowest BCUT2D eigenvalue weighted by Crippen LogP contribution is -2.51. The number of hydrogen-bond donors (Lipinski definition) is 2. The van der Waals surface area contributed by atoms with E-state index in [1.54, 1.807) is 41.0 Å². The Labute approximate surface area is 367 Å². The van der Waals surface area contributed by atoms with Gasteiger partial charge in [-0.1, -0.05) is 59.4 Å². The molecule has 0 atom stereocenters. The predicted octanol–water partition coefficient (Wildman–Crippen LogP) is 7.31. The summed E-state index contributed by atoms with van der Waals surface area (Å²) in [5.41, 5.74) is 2.55. The molecule has 59 heavy (non-hydrogen) atoms. The van der Waals surface area contributed by atoms with Crippen LogP contribution >= 0.6 is 46.4 Å². The first-order valence-electron chi connectivity index (χ1n) is 19.1. The zero-order valence-electron chi connectivity index (χ0n) is 33.1. The Kier molecular flexibility index (Phi) is 15.9. The molecule has 0 radical (unpaired) electrons. The third-order valence-corrected chi connectivity index (χ3v) is 15.4. The van der Waals surface area contributed by atoms with Crippen LogP contribution < -0.4 is 10.6 Å². The number of nitrogens with one attached hydrogen (secondary N) is 2. The molecule has 2 aliphatic rings. The van der Waals surface area contributed by atoms with Crippen molar-refractivity contribution in [3.05, 3.63) is 127 Å². The molecular weight excluding hydrogens is 878 g/mol. The minimum absolute atomic E-state index is 0.147. The number of amides is 2. The van der Waals surface area contributed by atoms with Crippen molar-refractivity contribution in [3.63, 3.8) is 0 Å². The van der Waals surface area contributed by atoms with Crippen molar-refractivity contribution in [2.24, 2.45) is 0 Å². The van der Waals surface area contributed by atoms with Gasteiger partial charge < -0.3 is 10.6 Å². The Bertz CT molecular complexity index is 2340. The Hall–Kier alpha value is -3.34. The van der Waals surface area contributed by atoms with Gasteiger partial charge in [0.1, 0.15) is 0 Å². The molecule has 18 heteroatoms. The molecule has 0 bridgehead atoms. The molecular formula is C41H48Cl4N6O6S2. The Morgan fingerprint density at radius 3 is 1.61 bits per heavy atom. The second-order valence-electron chi connectivity index (χ2n) is 15.0. The van der Waals surface area contributed by atoms with Gasteiger partial charge in [-0.3, -0.25) is 19.6 Å². The summed E-state index contributed by atoms with van der Waals surface area (Å²) in [6.07, 6.45) is 7.52. The molecule has 0 saturated carbocycles. The highest BCUT2D eigenvalue weighted by atomic mass is 35.5. The van der Waals surface area contributed by atoms with E-state index in [0.717, 1.165) is 17.0 Å². The van der Waals surface area contributed by atoms with Crippen LogP contribution in [-0.2, 0) is 30.9 Å². The fourth-order valence-corrected chi connectivity index (χ4v) is 10.8. The number of hydrogen-bond acceptors (Lipinski definition) is 8. The zero-order chi connectivity index (χ0) is 43.0. The van der Waals surface area contributed by atoms with E-state index in [1.165, 1.54) is 22.7 Å². The summed E-state index contributed by atoms with van der Waals surface area (Å²) >= 11 is 24.1. The van der Waals surface area contributed by atoms with E-state index in [1.807, 2.05) is 44.2 Å². The molecule has 6 rings (SSSR count). The van der Waals surface area contributed by atoms with Crippen LogP contribution in [0.5, 0.6) is 0 Å². The number of piperidine rings is 2. The lowest BCUT2D eigenvalue weighted by atomic mass is 9.75. The number of sulfonamides is 2. The molecule has 2 aliphatic heterocycles. The maximum absolute atomic E-state index is 12.8. The van der Waals surface area contributed by atoms with Crippen LogP contribution in [0.4, 0.5) is 0 Å². The van der Waals surface area contributed by atoms with Gasteiger partial charge in [0.25, 0.3) is 11.8 Å². The summed E-state index contributed by atoms with van der Waals surface area (Å²) in [4.78, 5) is 34.5. The number of halogens is 4. The summed E-state index contributed by atoms with van der Waals surface area (Å²) in [6, 6.07) is 19.0. The molecule has 0 spiro atoms. The second-order valence-corrected chi connectivity index (χ2v) is 20.7. The van der Waals surface area contributed by atoms with Crippen molar-refractivity contribution in [3.8, 4) is 0 Å². The molecule has 2 aromatic carbocycles. The van der Waals surface area contributed by atoms with Crippen molar-refractivity contribution in [1.82, 2.24) is 29.2 Å². The summed E-state index contributed by atoms with van der Waals surface area (Å²) in [6.45, 7) is 6.08. The van der Waals surface area contributed by atoms with E-state index in [-0.39, 0.29) is 27.6 Å². The summed E-state index contributed by atoms with van der Waals surface area (Å²) < 4.78 is 51.8. The minimum Gasteiger partial charge on any atom is -0.351 e. The molecule has 4 aromatic rings. The highest BCUT2D eigenvalue weighted by Gasteiger charge is 2.41. The standard InChI is InChI=1S/C22H27Cl2N3O3S.C19H21Cl2N3O3S/c1-3-12-31(29,30)27-10-7-22(8-11-27,20-13-16(2)6-9-25-20)15-26-21(28)18-5-4-17(23)14-19(18)24;1-28(26,27)24-10-7-19(8-11-24,17-4-2-3-9-22-17)13-23-18(25)15-6-5-14(20)12-16(15)21/h4-6,9,13-14H,3,7-8,10-12,15H2,1-2H3,(H,26,28);2-6,9,12H,7-8,10-11,13H2,1H3,(H,23,25). The fraction of sp³-hybridized carbons (Fsp3) is 0.415. The second kappa shape index (κ2) is 20.0. The van der Waals surface area contributed by atoms with Crippen LogP contribution in [0, 0.1) is 6.92 Å². The number of nitrogens with zero attached hydrogens (tertiary/aromatic N) is 4. The molecule has 2 fully saturated rings. The first kappa shape index (κ1) is 46.7. The number of aryl methyl sites for hydroxylation is 1. The van der Waals surface area contributed by atoms with Crippen molar-refractivity contribution < 1.29 is 26.4 Å². The van der Waals surface area contributed by atoms with Crippen LogP contribution in [0.15, 0.2) is 79.1 Å². The number of rotatable bonds is 12. The molecule has 12 nitrogen and oxygen atoms in total. The number of carbonyl (C=O) groups excluding carboxylic acids is 2. The Morgan fingerprint density at radius 2 is 1.17 bits per heavy atom. The van der Waals surface area contributed by atoms with Crippen molar-refractivity contribution in [2.75, 3.05) is 51.3 Å². The normalized spacial score (nSPS) is 17.0. The Morgan fingerprint density at radius 1 is 0.678 bits per heavy atom. The van der Waals surface area contributed by atoms with Gasteiger partial charge >= 0.3 is 0 Å². The fourth-order valence-electron chi connectivity index (χ4n) is 7.41. The topological polar surface area (TPSA) is 159 Å². The maximum atomic E-state index is 12.8. The predicted molar refractivity (Wildman–Crippen MR) is 235 cm³/mol. The number of carbonyl (C=O) groups is 2. The van der Waals surface area contributed by atoms with Crippen molar-refractivity contribution in [1.29, 1.82) is 0 Å². The van der Waals surface area contributed by atoms with Crippen LogP contribution in [0.3, 0.4) is 0 Å². The molecule has 2 saturated heterocycles. The zero-order valence-corrected chi connectivity index (χ0v) is 37.7. The highest BCUT2D eigenvalue weighted by Crippen LogP contribution is 2.37. The first-order valence-corrected chi connectivity index (χ1v) is 24.1. The molecule has 4 heterocycles. The molecule has 0 aliphatic carbocycles. The largest absolute Gasteiger partial charge is 0.351 e. The monoisotopic (exact) mass is 924 g/mol. The van der Waals surface area contributed by atoms with Crippen LogP contribution in [0.1, 0.15) is 76.7 Å². The van der Waals surface area contributed by atoms with Crippen molar-refractivity contribution >= 4 is 78.3 Å². The number of benzene rings is 2. The van der Waals surface area contributed by atoms with Crippen molar-refractivity contribution in [2.45, 2.75) is 56.8 Å². The minimum atomic E-state index is -3.26. The number of aromatic nitrogens is 2. The van der Waals surface area contributed by atoms with E-state index in [9.17, 15) is 26.4 Å². The van der Waals surface area contributed by atoms with E-state index in [0.29, 0.717) is 92.5 Å². The van der Waals surface area contributed by atoms with E-state index < -0.39 is 30.9 Å². The molecule has 2 aromatic heterocycles. The van der Waals surface area contributed by atoms with Gasteiger partial charge in [-0.25, -0.2) is 25.4 Å². The maximum Gasteiger partial charge on any atom is 0.252 e. The third kappa shape index (κ3) is 11.9. The smallest absolute Gasteiger partial charge is 0.252 e. The van der Waals surface area contributed by atoms with Gasteiger partial charge in [0.2, 0.25) is 20.0 Å². The molecule has 318 valence electrons. The molecule has 0 unspecified atom stereocenters. The van der Waals surface area contributed by atoms with Crippen LogP contribution in [-0.4, -0.2) is 98.5 Å². The van der Waals surface area contributed by atoms with Gasteiger partial charge in [0.15, 0.2) is 0 Å². The van der Waals surface area contributed by atoms with Gasteiger partial charge in [-0.15, -0.1) is 0 Å². The lowest BCUT2D eigenvalue weighted by molar-refractivity contribution is 0.0925. The van der Waals surface area contributed by atoms with Crippen LogP contribution in [0.2, 0.25) is 20.1 Å². The van der Waals surface area contributed by atoms with Gasteiger partial charge in [0.05, 0.1) is 33.2 Å². The summed E-state index contributed by atoms with van der Waals surface area (Å²) in [7, 11) is -6.51. The Balaban J connectivity index is 0.000000225. The van der Waals surface area contributed by atoms with Gasteiger partial charge in [-0.05, 0) is 105 Å². The van der Waals surface area contributed by atoms with Crippen LogP contribution in [0.25, 0.3) is 0 Å². The molecule has 2 N–H and O–H groups in total. The average Bonchev–Trinajstić information content (AvgIpc) is 3.19. The van der Waals surface area contributed by atoms with Gasteiger partial charge in [-0.2, -0.15) is 0 Å². The quantitative estimate of drug-likeness (QED) is 0.150. The van der Waals surface area contributed by atoms with E-state index in [2.05, 4.69) is 20.6 Å². The summed E-state index contributed by atoms with van der Waals surface area (Å²) in [5, 5.41) is 7.42. The first-order chi connectivity index (χ1) is 27.9. The van der Waals surface area contributed by atoms with E-state index >= 15 is 0 Å². The molecule has 2 amide bonds. The van der Waals surface area contributed by atoms with Gasteiger partial charge in [0, 0.05) is 83.9 Å². The average molecular weight is 927 g/mol. The highest BCUT2D eigenvalue weighted by molar-refractivity contribution is 7.89. The lowest BCUT2D eigenvalue weighted by Gasteiger charge is -2.41. The summed E-state index contributed by atoms with van der Waals surface area (Å²) in [5.74, 6) is -0.452.